The third-order valence-corrected chi connectivity index (χ3v) is 8.84. The number of hydrogen-bond donors (Lipinski definition) is 1. The lowest BCUT2D eigenvalue weighted by atomic mass is 9.88. The summed E-state index contributed by atoms with van der Waals surface area (Å²) in [5.41, 5.74) is 1.20. The number of sulfonamides is 1. The summed E-state index contributed by atoms with van der Waals surface area (Å²) in [6.07, 6.45) is 1.30. The summed E-state index contributed by atoms with van der Waals surface area (Å²) in [6, 6.07) is 15.1. The summed E-state index contributed by atoms with van der Waals surface area (Å²) in [5, 5.41) is 10.5. The maximum Gasteiger partial charge on any atom is 0.258 e. The first kappa shape index (κ1) is 18.8. The molecule has 1 heterocycles. The van der Waals surface area contributed by atoms with Crippen LogP contribution >= 0.6 is 0 Å². The first-order valence-electron chi connectivity index (χ1n) is 10.0. The van der Waals surface area contributed by atoms with Crippen LogP contribution in [0.3, 0.4) is 0 Å². The van der Waals surface area contributed by atoms with Crippen molar-refractivity contribution >= 4 is 21.6 Å². The van der Waals surface area contributed by atoms with E-state index in [4.69, 9.17) is 0 Å². The molecule has 0 aromatic heterocycles. The van der Waals surface area contributed by atoms with Crippen molar-refractivity contribution in [1.82, 2.24) is 4.31 Å². The number of benzene rings is 2. The number of carbonyl (C=O) groups is 1. The van der Waals surface area contributed by atoms with Gasteiger partial charge in [0.25, 0.3) is 5.91 Å². The summed E-state index contributed by atoms with van der Waals surface area (Å²) in [4.78, 5) is 14.4. The molecule has 5 rings (SSSR count). The SMILES string of the molecule is CN(C(=O)c1ccc(S(=O)(=O)N2CC3CC4CC3C2C4O)cc1)c1ccccc1. The van der Waals surface area contributed by atoms with Crippen LogP contribution in [0.15, 0.2) is 59.5 Å². The molecule has 5 unspecified atom stereocenters. The maximum absolute atomic E-state index is 13.2. The van der Waals surface area contributed by atoms with Gasteiger partial charge in [0.05, 0.1) is 17.0 Å². The van der Waals surface area contributed by atoms with Crippen LogP contribution in [0, 0.1) is 17.8 Å². The molecule has 2 saturated carbocycles. The van der Waals surface area contributed by atoms with E-state index < -0.39 is 16.1 Å². The van der Waals surface area contributed by atoms with Crippen molar-refractivity contribution in [1.29, 1.82) is 0 Å². The van der Waals surface area contributed by atoms with E-state index >= 15 is 0 Å². The molecule has 7 heteroatoms. The van der Waals surface area contributed by atoms with Gasteiger partial charge in [0.1, 0.15) is 0 Å². The lowest BCUT2D eigenvalue weighted by molar-refractivity contribution is 0.0731. The molecule has 1 aliphatic heterocycles. The Bertz CT molecular complexity index is 1040. The van der Waals surface area contributed by atoms with Crippen LogP contribution in [0.2, 0.25) is 0 Å². The second-order valence-electron chi connectivity index (χ2n) is 8.44. The number of aliphatic hydroxyl groups excluding tert-OH is 1. The van der Waals surface area contributed by atoms with E-state index in [0.717, 1.165) is 18.5 Å². The van der Waals surface area contributed by atoms with Gasteiger partial charge >= 0.3 is 0 Å². The maximum atomic E-state index is 13.2. The molecule has 3 aliphatic rings. The van der Waals surface area contributed by atoms with Crippen molar-refractivity contribution in [3.8, 4) is 0 Å². The van der Waals surface area contributed by atoms with Gasteiger partial charge in [0.2, 0.25) is 10.0 Å². The molecule has 0 radical (unpaired) electrons. The van der Waals surface area contributed by atoms with Gasteiger partial charge in [-0.2, -0.15) is 4.31 Å². The Hall–Kier alpha value is -2.22. The van der Waals surface area contributed by atoms with Gasteiger partial charge in [-0.3, -0.25) is 4.79 Å². The molecule has 1 N–H and O–H groups in total. The highest BCUT2D eigenvalue weighted by Crippen LogP contribution is 2.56. The average molecular weight is 413 g/mol. The number of para-hydroxylation sites is 1. The second-order valence-corrected chi connectivity index (χ2v) is 10.3. The fourth-order valence-corrected chi connectivity index (χ4v) is 7.24. The number of amides is 1. The van der Waals surface area contributed by atoms with Gasteiger partial charge in [0, 0.05) is 24.8 Å². The Kier molecular flexibility index (Phi) is 4.31. The predicted molar refractivity (Wildman–Crippen MR) is 109 cm³/mol. The highest BCUT2D eigenvalue weighted by atomic mass is 32.2. The normalized spacial score (nSPS) is 30.6. The van der Waals surface area contributed by atoms with Crippen LogP contribution in [-0.2, 0) is 10.0 Å². The van der Waals surface area contributed by atoms with Crippen LogP contribution in [0.4, 0.5) is 5.69 Å². The summed E-state index contributed by atoms with van der Waals surface area (Å²) < 4.78 is 28.0. The number of fused-ring (bicyclic) bond motifs is 1. The third-order valence-electron chi connectivity index (χ3n) is 6.96. The second kappa shape index (κ2) is 6.65. The van der Waals surface area contributed by atoms with E-state index in [9.17, 15) is 18.3 Å². The van der Waals surface area contributed by atoms with Crippen LogP contribution < -0.4 is 4.90 Å². The molecular weight excluding hydrogens is 388 g/mol. The van der Waals surface area contributed by atoms with Crippen LogP contribution in [-0.4, -0.2) is 49.5 Å². The minimum absolute atomic E-state index is 0.174. The number of nitrogens with zero attached hydrogens (tertiary/aromatic N) is 2. The van der Waals surface area contributed by atoms with Gasteiger partial charge in [-0.15, -0.1) is 0 Å². The van der Waals surface area contributed by atoms with Gasteiger partial charge < -0.3 is 10.0 Å². The van der Waals surface area contributed by atoms with Crippen molar-refractivity contribution in [3.63, 3.8) is 0 Å². The molecule has 0 spiro atoms. The van der Waals surface area contributed by atoms with Gasteiger partial charge in [0.15, 0.2) is 0 Å². The fraction of sp³-hybridized carbons (Fsp3) is 0.409. The lowest BCUT2D eigenvalue weighted by Crippen LogP contribution is -2.43. The predicted octanol–water partition coefficient (Wildman–Crippen LogP) is 2.35. The van der Waals surface area contributed by atoms with E-state index in [0.29, 0.717) is 18.0 Å². The number of anilines is 1. The summed E-state index contributed by atoms with van der Waals surface area (Å²) in [5.74, 6) is 0.686. The minimum Gasteiger partial charge on any atom is -0.391 e. The van der Waals surface area contributed by atoms with Gasteiger partial charge in [-0.1, -0.05) is 18.2 Å². The van der Waals surface area contributed by atoms with Crippen LogP contribution in [0.5, 0.6) is 0 Å². The number of aliphatic hydroxyl groups is 1. The Morgan fingerprint density at radius 3 is 2.38 bits per heavy atom. The Balaban J connectivity index is 1.38. The van der Waals surface area contributed by atoms with E-state index in [-0.39, 0.29) is 28.7 Å². The molecule has 152 valence electrons. The highest BCUT2D eigenvalue weighted by molar-refractivity contribution is 7.89. The van der Waals surface area contributed by atoms with Crippen molar-refractivity contribution in [2.45, 2.75) is 29.9 Å². The molecule has 2 bridgehead atoms. The van der Waals surface area contributed by atoms with E-state index in [1.54, 1.807) is 19.2 Å². The molecule has 2 aromatic carbocycles. The zero-order valence-corrected chi connectivity index (χ0v) is 17.0. The van der Waals surface area contributed by atoms with Gasteiger partial charge in [-0.25, -0.2) is 8.42 Å². The van der Waals surface area contributed by atoms with Crippen LogP contribution in [0.25, 0.3) is 0 Å². The lowest BCUT2D eigenvalue weighted by Gasteiger charge is -2.28. The van der Waals surface area contributed by atoms with Crippen molar-refractivity contribution in [3.05, 3.63) is 60.2 Å². The Morgan fingerprint density at radius 2 is 1.72 bits per heavy atom. The quantitative estimate of drug-likeness (QED) is 0.836. The molecule has 2 aliphatic carbocycles. The molecule has 6 nitrogen and oxygen atoms in total. The standard InChI is InChI=1S/C22H24N2O4S/c1-23(17-5-3-2-4-6-17)22(26)14-7-9-18(10-8-14)29(27,28)24-13-16-11-15-12-19(16)20(24)21(15)25/h2-10,15-16,19-21,25H,11-13H2,1H3. The first-order chi connectivity index (χ1) is 13.9. The summed E-state index contributed by atoms with van der Waals surface area (Å²) >= 11 is 0. The fourth-order valence-electron chi connectivity index (χ4n) is 5.50. The molecule has 1 saturated heterocycles. The third kappa shape index (κ3) is 2.83. The minimum atomic E-state index is -3.70. The number of hydrogen-bond acceptors (Lipinski definition) is 4. The molecule has 29 heavy (non-hydrogen) atoms. The van der Waals surface area contributed by atoms with Crippen LogP contribution in [0.1, 0.15) is 23.2 Å². The number of carbonyl (C=O) groups excluding carboxylic acids is 1. The Labute approximate surface area is 170 Å². The zero-order chi connectivity index (χ0) is 20.3. The van der Waals surface area contributed by atoms with Gasteiger partial charge in [-0.05, 0) is 67.0 Å². The van der Waals surface area contributed by atoms with Crippen molar-refractivity contribution < 1.29 is 18.3 Å². The number of rotatable bonds is 4. The zero-order valence-electron chi connectivity index (χ0n) is 16.2. The van der Waals surface area contributed by atoms with Crippen molar-refractivity contribution in [2.75, 3.05) is 18.5 Å². The average Bonchev–Trinajstić information content (AvgIpc) is 3.37. The van der Waals surface area contributed by atoms with E-state index in [1.165, 1.54) is 21.3 Å². The molecule has 2 aromatic rings. The van der Waals surface area contributed by atoms with Crippen molar-refractivity contribution in [2.24, 2.45) is 17.8 Å². The first-order valence-corrected chi connectivity index (χ1v) is 11.4. The topological polar surface area (TPSA) is 77.9 Å². The molecule has 5 atom stereocenters. The largest absolute Gasteiger partial charge is 0.391 e. The highest BCUT2D eigenvalue weighted by Gasteiger charge is 2.61. The molecule has 3 fully saturated rings. The monoisotopic (exact) mass is 412 g/mol. The summed E-state index contributed by atoms with van der Waals surface area (Å²) in [7, 11) is -2.00. The molecule has 1 amide bonds. The Morgan fingerprint density at radius 1 is 1.03 bits per heavy atom. The van der Waals surface area contributed by atoms with E-state index in [1.807, 2.05) is 30.3 Å². The van der Waals surface area contributed by atoms with E-state index in [2.05, 4.69) is 0 Å². The molecular formula is C22H24N2O4S. The summed E-state index contributed by atoms with van der Waals surface area (Å²) in [6.45, 7) is 0.489. The smallest absolute Gasteiger partial charge is 0.258 e.